The van der Waals surface area contributed by atoms with Crippen molar-refractivity contribution in [3.63, 3.8) is 0 Å². The first-order valence-corrected chi connectivity index (χ1v) is 10.7. The summed E-state index contributed by atoms with van der Waals surface area (Å²) in [6, 6.07) is -4.37. The van der Waals surface area contributed by atoms with Gasteiger partial charge in [-0.25, -0.2) is 4.79 Å². The molecular formula is C20H34N4O8. The zero-order valence-electron chi connectivity index (χ0n) is 18.6. The van der Waals surface area contributed by atoms with Gasteiger partial charge in [0.15, 0.2) is 6.04 Å². The number of amides is 3. The fourth-order valence-corrected chi connectivity index (χ4v) is 3.34. The minimum Gasteiger partial charge on any atom is -0.481 e. The van der Waals surface area contributed by atoms with Crippen molar-refractivity contribution in [2.24, 2.45) is 5.92 Å². The Labute approximate surface area is 186 Å². The minimum atomic E-state index is -1.63. The Balaban J connectivity index is 2.94. The molecule has 0 bridgehead atoms. The second-order valence-corrected chi connectivity index (χ2v) is 8.40. The van der Waals surface area contributed by atoms with Crippen LogP contribution in [-0.2, 0) is 24.0 Å². The first-order valence-electron chi connectivity index (χ1n) is 10.7. The predicted octanol–water partition coefficient (Wildman–Crippen LogP) is -1.43. The number of rotatable bonds is 13. The Kier molecular flexibility index (Phi) is 11.1. The summed E-state index contributed by atoms with van der Waals surface area (Å²) in [7, 11) is 0. The third kappa shape index (κ3) is 9.18. The van der Waals surface area contributed by atoms with Crippen LogP contribution in [0.4, 0.5) is 0 Å². The number of carbonyl (C=O) groups excluding carboxylic acids is 3. The van der Waals surface area contributed by atoms with Crippen LogP contribution >= 0.6 is 0 Å². The maximum Gasteiger partial charge on any atom is 0.328 e. The molecule has 1 fully saturated rings. The zero-order chi connectivity index (χ0) is 24.4. The van der Waals surface area contributed by atoms with Gasteiger partial charge >= 0.3 is 11.9 Å². The van der Waals surface area contributed by atoms with Crippen LogP contribution in [0, 0.1) is 5.92 Å². The van der Waals surface area contributed by atoms with Gasteiger partial charge in [0, 0.05) is 6.42 Å². The monoisotopic (exact) mass is 458 g/mol. The van der Waals surface area contributed by atoms with Gasteiger partial charge in [-0.1, -0.05) is 13.8 Å². The third-order valence-corrected chi connectivity index (χ3v) is 5.04. The smallest absolute Gasteiger partial charge is 0.328 e. The molecule has 0 aliphatic carbocycles. The van der Waals surface area contributed by atoms with Crippen molar-refractivity contribution < 1.29 is 39.3 Å². The van der Waals surface area contributed by atoms with Crippen LogP contribution in [0.1, 0.15) is 52.9 Å². The van der Waals surface area contributed by atoms with Crippen LogP contribution in [0.3, 0.4) is 0 Å². The van der Waals surface area contributed by atoms with E-state index in [1.165, 1.54) is 6.92 Å². The SMILES string of the molecule is CC(C)CC(NC(=O)C1CCCN1)C(=O)NC(CCC(=O)O)C(=O)NC(C(=O)O)C(C)O. The largest absolute Gasteiger partial charge is 0.481 e. The zero-order valence-corrected chi connectivity index (χ0v) is 18.6. The highest BCUT2D eigenvalue weighted by atomic mass is 16.4. The summed E-state index contributed by atoms with van der Waals surface area (Å²) in [6.07, 6.45) is -0.419. The molecule has 1 rings (SSSR count). The Morgan fingerprint density at radius 3 is 2.06 bits per heavy atom. The third-order valence-electron chi connectivity index (χ3n) is 5.04. The van der Waals surface area contributed by atoms with Crippen molar-refractivity contribution in [3.8, 4) is 0 Å². The van der Waals surface area contributed by atoms with Gasteiger partial charge in [-0.2, -0.15) is 0 Å². The summed E-state index contributed by atoms with van der Waals surface area (Å²) >= 11 is 0. The predicted molar refractivity (Wildman–Crippen MR) is 112 cm³/mol. The van der Waals surface area contributed by atoms with Crippen LogP contribution in [0.2, 0.25) is 0 Å². The molecule has 5 atom stereocenters. The second kappa shape index (κ2) is 13.0. The molecule has 12 nitrogen and oxygen atoms in total. The number of aliphatic hydroxyl groups is 1. The normalized spacial score (nSPS) is 19.5. The minimum absolute atomic E-state index is 0.0283. The number of carbonyl (C=O) groups is 5. The molecule has 1 aliphatic rings. The molecule has 182 valence electrons. The van der Waals surface area contributed by atoms with Crippen molar-refractivity contribution in [2.75, 3.05) is 6.54 Å². The van der Waals surface area contributed by atoms with Crippen LogP contribution in [-0.4, -0.2) is 81.8 Å². The van der Waals surface area contributed by atoms with E-state index in [4.69, 9.17) is 10.2 Å². The van der Waals surface area contributed by atoms with Crippen molar-refractivity contribution in [1.29, 1.82) is 0 Å². The average molecular weight is 459 g/mol. The molecule has 1 heterocycles. The highest BCUT2D eigenvalue weighted by Crippen LogP contribution is 2.10. The van der Waals surface area contributed by atoms with E-state index in [1.54, 1.807) is 0 Å². The fourth-order valence-electron chi connectivity index (χ4n) is 3.34. The van der Waals surface area contributed by atoms with Gasteiger partial charge in [-0.05, 0) is 45.1 Å². The molecule has 3 amide bonds. The molecule has 1 saturated heterocycles. The summed E-state index contributed by atoms with van der Waals surface area (Å²) in [5.41, 5.74) is 0. The van der Waals surface area contributed by atoms with E-state index in [2.05, 4.69) is 21.3 Å². The maximum atomic E-state index is 12.9. The Morgan fingerprint density at radius 1 is 0.969 bits per heavy atom. The van der Waals surface area contributed by atoms with E-state index in [0.29, 0.717) is 13.0 Å². The van der Waals surface area contributed by atoms with E-state index in [1.807, 2.05) is 13.8 Å². The highest BCUT2D eigenvalue weighted by Gasteiger charge is 2.33. The second-order valence-electron chi connectivity index (χ2n) is 8.40. The van der Waals surface area contributed by atoms with Crippen molar-refractivity contribution >= 4 is 29.7 Å². The molecule has 7 N–H and O–H groups in total. The fraction of sp³-hybridized carbons (Fsp3) is 0.750. The highest BCUT2D eigenvalue weighted by molar-refractivity contribution is 5.94. The summed E-state index contributed by atoms with van der Waals surface area (Å²) in [4.78, 5) is 60.2. The lowest BCUT2D eigenvalue weighted by Crippen LogP contribution is -2.58. The van der Waals surface area contributed by atoms with E-state index < -0.39 is 60.4 Å². The number of aliphatic carboxylic acids is 2. The van der Waals surface area contributed by atoms with Gasteiger partial charge in [0.05, 0.1) is 12.1 Å². The average Bonchev–Trinajstić information content (AvgIpc) is 3.22. The first kappa shape index (κ1) is 27.3. The maximum absolute atomic E-state index is 12.9. The molecule has 1 aliphatic heterocycles. The molecule has 0 aromatic carbocycles. The van der Waals surface area contributed by atoms with Crippen LogP contribution in [0.15, 0.2) is 0 Å². The number of nitrogens with one attached hydrogen (secondary N) is 4. The Morgan fingerprint density at radius 2 is 1.59 bits per heavy atom. The molecule has 12 heteroatoms. The summed E-state index contributed by atoms with van der Waals surface area (Å²) in [5.74, 6) is -4.62. The van der Waals surface area contributed by atoms with Crippen molar-refractivity contribution in [2.45, 2.75) is 83.1 Å². The van der Waals surface area contributed by atoms with Gasteiger partial charge in [0.25, 0.3) is 0 Å². The number of carboxylic acid groups (broad SMARTS) is 2. The van der Waals surface area contributed by atoms with Crippen LogP contribution < -0.4 is 21.3 Å². The number of hydrogen-bond donors (Lipinski definition) is 7. The molecule has 32 heavy (non-hydrogen) atoms. The van der Waals surface area contributed by atoms with Crippen LogP contribution in [0.25, 0.3) is 0 Å². The summed E-state index contributed by atoms with van der Waals surface area (Å²) in [6.45, 7) is 5.59. The van der Waals surface area contributed by atoms with Crippen molar-refractivity contribution in [3.05, 3.63) is 0 Å². The standard InChI is InChI=1S/C20H34N4O8/c1-10(2)9-14(23-17(28)12-5-4-8-21-12)19(30)22-13(6-7-15(26)27)18(29)24-16(11(3)25)20(31)32/h10-14,16,21,25H,4-9H2,1-3H3,(H,22,30)(H,23,28)(H,24,29)(H,26,27)(H,31,32). The Hall–Kier alpha value is -2.73. The number of hydrogen-bond acceptors (Lipinski definition) is 7. The van der Waals surface area contributed by atoms with Gasteiger partial charge in [0.1, 0.15) is 12.1 Å². The van der Waals surface area contributed by atoms with E-state index in [-0.39, 0.29) is 24.7 Å². The molecule has 0 spiro atoms. The molecule has 0 radical (unpaired) electrons. The van der Waals surface area contributed by atoms with E-state index in [9.17, 15) is 29.1 Å². The van der Waals surface area contributed by atoms with Crippen LogP contribution in [0.5, 0.6) is 0 Å². The first-order chi connectivity index (χ1) is 14.9. The molecular weight excluding hydrogens is 424 g/mol. The molecule has 5 unspecified atom stereocenters. The molecule has 0 saturated carbocycles. The molecule has 0 aromatic rings. The Bertz CT molecular complexity index is 691. The van der Waals surface area contributed by atoms with Gasteiger partial charge in [-0.15, -0.1) is 0 Å². The lowest BCUT2D eigenvalue weighted by molar-refractivity contribution is -0.145. The quantitative estimate of drug-likeness (QED) is 0.173. The lowest BCUT2D eigenvalue weighted by Gasteiger charge is -2.26. The van der Waals surface area contributed by atoms with E-state index in [0.717, 1.165) is 6.42 Å². The summed E-state index contributed by atoms with van der Waals surface area (Å²) in [5, 5.41) is 38.0. The van der Waals surface area contributed by atoms with Gasteiger partial charge < -0.3 is 36.6 Å². The number of carboxylic acids is 2. The number of aliphatic hydroxyl groups excluding tert-OH is 1. The van der Waals surface area contributed by atoms with Gasteiger partial charge in [-0.3, -0.25) is 19.2 Å². The molecule has 0 aromatic heterocycles. The lowest BCUT2D eigenvalue weighted by atomic mass is 10.0. The topological polar surface area (TPSA) is 194 Å². The van der Waals surface area contributed by atoms with Crippen molar-refractivity contribution in [1.82, 2.24) is 21.3 Å². The van der Waals surface area contributed by atoms with Gasteiger partial charge in [0.2, 0.25) is 17.7 Å². The van der Waals surface area contributed by atoms with E-state index >= 15 is 0 Å². The summed E-state index contributed by atoms with van der Waals surface area (Å²) < 4.78 is 0.